The molecule has 0 fully saturated rings. The second-order valence-electron chi connectivity index (χ2n) is 4.34. The Balaban J connectivity index is 3.23. The van der Waals surface area contributed by atoms with Gasteiger partial charge in [-0.1, -0.05) is 13.8 Å². The Morgan fingerprint density at radius 3 is 2.61 bits per heavy atom. The molecule has 0 atom stereocenters. The Kier molecular flexibility index (Phi) is 5.12. The molecule has 7 heteroatoms. The van der Waals surface area contributed by atoms with Crippen LogP contribution in [-0.2, 0) is 10.0 Å². The summed E-state index contributed by atoms with van der Waals surface area (Å²) in [7, 11) is -0.632. The molecule has 1 aromatic heterocycles. The van der Waals surface area contributed by atoms with Crippen molar-refractivity contribution >= 4 is 26.0 Å². The minimum atomic E-state index is -3.58. The molecule has 18 heavy (non-hydrogen) atoms. The van der Waals surface area contributed by atoms with Gasteiger partial charge in [0, 0.05) is 24.3 Å². The molecule has 0 aliphatic rings. The minimum absolute atomic E-state index is 0.0718. The van der Waals surface area contributed by atoms with Gasteiger partial charge in [0.05, 0.1) is 7.11 Å². The van der Waals surface area contributed by atoms with Crippen LogP contribution < -0.4 is 4.74 Å². The quantitative estimate of drug-likeness (QED) is 0.826. The highest BCUT2D eigenvalue weighted by atomic mass is 79.9. The highest BCUT2D eigenvalue weighted by Gasteiger charge is 2.26. The minimum Gasteiger partial charge on any atom is -0.480 e. The summed E-state index contributed by atoms with van der Waals surface area (Å²) in [6.45, 7) is 4.36. The summed E-state index contributed by atoms with van der Waals surface area (Å²) >= 11 is 3.22. The van der Waals surface area contributed by atoms with E-state index in [1.807, 2.05) is 13.8 Å². The average molecular weight is 337 g/mol. The smallest absolute Gasteiger partial charge is 0.248 e. The summed E-state index contributed by atoms with van der Waals surface area (Å²) in [4.78, 5) is 4.02. The number of hydrogen-bond donors (Lipinski definition) is 0. The molecule has 0 bridgehead atoms. The van der Waals surface area contributed by atoms with Crippen LogP contribution in [0.1, 0.15) is 13.8 Å². The summed E-state index contributed by atoms with van der Waals surface area (Å²) in [5, 5.41) is 0. The van der Waals surface area contributed by atoms with E-state index in [-0.39, 0.29) is 16.7 Å². The fraction of sp³-hybridized carbons (Fsp3) is 0.545. The molecule has 0 saturated heterocycles. The number of hydrogen-bond acceptors (Lipinski definition) is 4. The molecule has 1 heterocycles. The number of sulfonamides is 1. The van der Waals surface area contributed by atoms with Gasteiger partial charge in [0.1, 0.15) is 4.90 Å². The summed E-state index contributed by atoms with van der Waals surface area (Å²) in [5.74, 6) is 0.352. The van der Waals surface area contributed by atoms with Crippen LogP contribution in [0.3, 0.4) is 0 Å². The first-order chi connectivity index (χ1) is 8.28. The van der Waals surface area contributed by atoms with Crippen molar-refractivity contribution in [2.75, 3.05) is 20.7 Å². The Morgan fingerprint density at radius 1 is 1.50 bits per heavy atom. The molecular formula is C11H17BrN2O3S. The SMILES string of the molecule is COc1ncc(Br)cc1S(=O)(=O)N(C)CC(C)C. The van der Waals surface area contributed by atoms with E-state index in [2.05, 4.69) is 20.9 Å². The lowest BCUT2D eigenvalue weighted by molar-refractivity contribution is 0.377. The molecule has 0 amide bonds. The number of nitrogens with zero attached hydrogens (tertiary/aromatic N) is 2. The summed E-state index contributed by atoms with van der Waals surface area (Å²) in [6.07, 6.45) is 1.50. The van der Waals surface area contributed by atoms with Crippen LogP contribution in [0.4, 0.5) is 0 Å². The van der Waals surface area contributed by atoms with Crippen LogP contribution in [-0.4, -0.2) is 38.4 Å². The van der Waals surface area contributed by atoms with E-state index in [9.17, 15) is 8.42 Å². The van der Waals surface area contributed by atoms with Crippen molar-refractivity contribution in [3.63, 3.8) is 0 Å². The van der Waals surface area contributed by atoms with Crippen LogP contribution in [0, 0.1) is 5.92 Å². The Labute approximate surface area is 116 Å². The van der Waals surface area contributed by atoms with Crippen molar-refractivity contribution < 1.29 is 13.2 Å². The lowest BCUT2D eigenvalue weighted by Crippen LogP contribution is -2.30. The van der Waals surface area contributed by atoms with Crippen LogP contribution in [0.25, 0.3) is 0 Å². The first kappa shape index (κ1) is 15.4. The Morgan fingerprint density at radius 2 is 2.11 bits per heavy atom. The number of aromatic nitrogens is 1. The number of rotatable bonds is 5. The molecule has 1 aromatic rings. The largest absolute Gasteiger partial charge is 0.480 e. The van der Waals surface area contributed by atoms with E-state index in [1.54, 1.807) is 7.05 Å². The van der Waals surface area contributed by atoms with Crippen molar-refractivity contribution in [1.82, 2.24) is 9.29 Å². The number of methoxy groups -OCH3 is 1. The predicted octanol–water partition coefficient (Wildman–Crippen LogP) is 2.13. The maximum Gasteiger partial charge on any atom is 0.248 e. The lowest BCUT2D eigenvalue weighted by Gasteiger charge is -2.20. The fourth-order valence-electron chi connectivity index (χ4n) is 1.53. The second kappa shape index (κ2) is 5.99. The standard InChI is InChI=1S/C11H17BrN2O3S/c1-8(2)7-14(3)18(15,16)10-5-9(12)6-13-11(10)17-4/h5-6,8H,7H2,1-4H3. The van der Waals surface area contributed by atoms with Crippen molar-refractivity contribution in [3.8, 4) is 5.88 Å². The summed E-state index contributed by atoms with van der Waals surface area (Å²) < 4.78 is 31.7. The second-order valence-corrected chi connectivity index (χ2v) is 7.27. The van der Waals surface area contributed by atoms with E-state index >= 15 is 0 Å². The van der Waals surface area contributed by atoms with Crippen molar-refractivity contribution in [1.29, 1.82) is 0 Å². The van der Waals surface area contributed by atoms with Gasteiger partial charge in [-0.25, -0.2) is 17.7 Å². The third kappa shape index (κ3) is 3.43. The highest BCUT2D eigenvalue weighted by Crippen LogP contribution is 2.27. The maximum atomic E-state index is 12.4. The molecule has 102 valence electrons. The van der Waals surface area contributed by atoms with Gasteiger partial charge in [-0.15, -0.1) is 0 Å². The van der Waals surface area contributed by atoms with Gasteiger partial charge in [0.15, 0.2) is 0 Å². The van der Waals surface area contributed by atoms with Crippen LogP contribution >= 0.6 is 15.9 Å². The summed E-state index contributed by atoms with van der Waals surface area (Å²) in [6, 6.07) is 1.50. The number of ether oxygens (including phenoxy) is 1. The van der Waals surface area contributed by atoms with Gasteiger partial charge in [0.2, 0.25) is 15.9 Å². The fourth-order valence-corrected chi connectivity index (χ4v) is 3.47. The van der Waals surface area contributed by atoms with E-state index < -0.39 is 10.0 Å². The molecule has 0 unspecified atom stereocenters. The van der Waals surface area contributed by atoms with Gasteiger partial charge >= 0.3 is 0 Å². The first-order valence-corrected chi connectivity index (χ1v) is 7.68. The molecule has 0 radical (unpaired) electrons. The van der Waals surface area contributed by atoms with Crippen molar-refractivity contribution in [2.24, 2.45) is 5.92 Å². The molecule has 0 saturated carbocycles. The third-order valence-electron chi connectivity index (χ3n) is 2.29. The Bertz CT molecular complexity index is 517. The zero-order valence-corrected chi connectivity index (χ0v) is 13.2. The zero-order chi connectivity index (χ0) is 13.9. The van der Waals surface area contributed by atoms with Gasteiger partial charge in [-0.05, 0) is 27.9 Å². The summed E-state index contributed by atoms with van der Waals surface area (Å²) in [5.41, 5.74) is 0. The van der Waals surface area contributed by atoms with E-state index in [0.717, 1.165) is 0 Å². The van der Waals surface area contributed by atoms with E-state index in [1.165, 1.54) is 23.7 Å². The monoisotopic (exact) mass is 336 g/mol. The lowest BCUT2D eigenvalue weighted by atomic mass is 10.2. The topological polar surface area (TPSA) is 59.5 Å². The zero-order valence-electron chi connectivity index (χ0n) is 10.8. The molecule has 5 nitrogen and oxygen atoms in total. The molecule has 0 spiro atoms. The van der Waals surface area contributed by atoms with E-state index in [4.69, 9.17) is 4.74 Å². The molecular weight excluding hydrogens is 320 g/mol. The molecule has 0 aliphatic heterocycles. The molecule has 0 aliphatic carbocycles. The third-order valence-corrected chi connectivity index (χ3v) is 4.54. The first-order valence-electron chi connectivity index (χ1n) is 5.45. The number of pyridine rings is 1. The van der Waals surface area contributed by atoms with Crippen molar-refractivity contribution in [3.05, 3.63) is 16.7 Å². The predicted molar refractivity (Wildman–Crippen MR) is 73.1 cm³/mol. The van der Waals surface area contributed by atoms with Gasteiger partial charge in [0.25, 0.3) is 0 Å². The van der Waals surface area contributed by atoms with Crippen LogP contribution in [0.2, 0.25) is 0 Å². The highest BCUT2D eigenvalue weighted by molar-refractivity contribution is 9.10. The maximum absolute atomic E-state index is 12.4. The van der Waals surface area contributed by atoms with Gasteiger partial charge < -0.3 is 4.74 Å². The molecule has 0 N–H and O–H groups in total. The average Bonchev–Trinajstić information content (AvgIpc) is 2.28. The molecule has 0 aromatic carbocycles. The van der Waals surface area contributed by atoms with Crippen LogP contribution in [0.5, 0.6) is 5.88 Å². The van der Waals surface area contributed by atoms with E-state index in [0.29, 0.717) is 11.0 Å². The normalized spacial score (nSPS) is 12.2. The van der Waals surface area contributed by atoms with Crippen molar-refractivity contribution in [2.45, 2.75) is 18.7 Å². The Hall–Kier alpha value is -0.660. The van der Waals surface area contributed by atoms with Crippen LogP contribution in [0.15, 0.2) is 21.6 Å². The number of halogens is 1. The molecule has 1 rings (SSSR count). The van der Waals surface area contributed by atoms with Gasteiger partial charge in [-0.3, -0.25) is 0 Å². The van der Waals surface area contributed by atoms with Gasteiger partial charge in [-0.2, -0.15) is 0 Å².